The lowest BCUT2D eigenvalue weighted by Crippen LogP contribution is -2.38. The smallest absolute Gasteiger partial charge is 0.271 e. The number of methoxy groups -OCH3 is 1. The van der Waals surface area contributed by atoms with E-state index in [2.05, 4.69) is 5.32 Å². The van der Waals surface area contributed by atoms with Crippen molar-refractivity contribution in [2.45, 2.75) is 6.04 Å². The number of non-ortho nitro benzene ring substituents is 1. The minimum atomic E-state index is -3.69. The second-order valence-electron chi connectivity index (χ2n) is 5.72. The standard InChI is InChI=1S/C17H19N3O6S/c1-19(27(3,24)25)16(12-7-5-4-6-8-12)17(21)18-14-11-13(20(22)23)9-10-15(14)26-2/h4-11,16H,1-3H3,(H,18,21)/t16-/m1/s1. The van der Waals surface area contributed by atoms with Crippen LogP contribution in [0.5, 0.6) is 5.75 Å². The van der Waals surface area contributed by atoms with Crippen LogP contribution in [-0.4, -0.2) is 44.0 Å². The summed E-state index contributed by atoms with van der Waals surface area (Å²) in [7, 11) is -1.05. The molecule has 27 heavy (non-hydrogen) atoms. The number of nitrogens with zero attached hydrogens (tertiary/aromatic N) is 2. The molecule has 0 heterocycles. The molecule has 0 aliphatic heterocycles. The van der Waals surface area contributed by atoms with Gasteiger partial charge in [0.05, 0.1) is 24.0 Å². The molecule has 144 valence electrons. The van der Waals surface area contributed by atoms with Crippen molar-refractivity contribution < 1.29 is 22.9 Å². The van der Waals surface area contributed by atoms with Gasteiger partial charge >= 0.3 is 0 Å². The molecule has 0 aliphatic rings. The summed E-state index contributed by atoms with van der Waals surface area (Å²) in [6.45, 7) is 0. The lowest BCUT2D eigenvalue weighted by molar-refractivity contribution is -0.384. The fourth-order valence-electron chi connectivity index (χ4n) is 2.46. The highest BCUT2D eigenvalue weighted by Crippen LogP contribution is 2.31. The highest BCUT2D eigenvalue weighted by Gasteiger charge is 2.31. The summed E-state index contributed by atoms with van der Waals surface area (Å²) in [6, 6.07) is 10.9. The number of hydrogen-bond acceptors (Lipinski definition) is 6. The molecule has 0 saturated heterocycles. The Morgan fingerprint density at radius 2 is 1.85 bits per heavy atom. The molecule has 2 aromatic carbocycles. The molecule has 0 fully saturated rings. The molecular formula is C17H19N3O6S. The number of hydrogen-bond donors (Lipinski definition) is 1. The van der Waals surface area contributed by atoms with Crippen LogP contribution in [0.2, 0.25) is 0 Å². The molecule has 0 aromatic heterocycles. The Labute approximate surface area is 156 Å². The Kier molecular flexibility index (Phi) is 6.13. The van der Waals surface area contributed by atoms with Crippen LogP contribution in [0.1, 0.15) is 11.6 Å². The molecule has 0 radical (unpaired) electrons. The van der Waals surface area contributed by atoms with Gasteiger partial charge in [-0.05, 0) is 11.6 Å². The second kappa shape index (κ2) is 8.14. The predicted octanol–water partition coefficient (Wildman–Crippen LogP) is 2.17. The summed E-state index contributed by atoms with van der Waals surface area (Å²) in [4.78, 5) is 23.3. The molecule has 9 nitrogen and oxygen atoms in total. The number of likely N-dealkylation sites (N-methyl/N-ethyl adjacent to an activating group) is 1. The van der Waals surface area contributed by atoms with E-state index in [1.807, 2.05) is 0 Å². The van der Waals surface area contributed by atoms with Gasteiger partial charge in [-0.3, -0.25) is 14.9 Å². The zero-order valence-electron chi connectivity index (χ0n) is 14.9. The molecule has 1 amide bonds. The maximum absolute atomic E-state index is 12.9. The Morgan fingerprint density at radius 1 is 1.22 bits per heavy atom. The first kappa shape index (κ1) is 20.3. The van der Waals surface area contributed by atoms with Crippen LogP contribution in [0, 0.1) is 10.1 Å². The average molecular weight is 393 g/mol. The first-order valence-electron chi connectivity index (χ1n) is 7.76. The van der Waals surface area contributed by atoms with E-state index in [0.29, 0.717) is 5.56 Å². The van der Waals surface area contributed by atoms with Gasteiger partial charge in [0.2, 0.25) is 15.9 Å². The van der Waals surface area contributed by atoms with E-state index in [0.717, 1.165) is 16.6 Å². The molecule has 10 heteroatoms. The van der Waals surface area contributed by atoms with E-state index in [9.17, 15) is 23.3 Å². The average Bonchev–Trinajstić information content (AvgIpc) is 2.61. The molecule has 0 spiro atoms. The zero-order chi connectivity index (χ0) is 20.2. The molecular weight excluding hydrogens is 374 g/mol. The number of benzene rings is 2. The van der Waals surface area contributed by atoms with Gasteiger partial charge in [0, 0.05) is 19.2 Å². The largest absolute Gasteiger partial charge is 0.495 e. The SMILES string of the molecule is COc1ccc([N+](=O)[O-])cc1NC(=O)[C@@H](c1ccccc1)N(C)S(C)(=O)=O. The van der Waals surface area contributed by atoms with Crippen LogP contribution in [0.25, 0.3) is 0 Å². The van der Waals surface area contributed by atoms with E-state index in [4.69, 9.17) is 4.74 Å². The number of nitro benzene ring substituents is 1. The van der Waals surface area contributed by atoms with Crippen molar-refractivity contribution in [3.8, 4) is 5.75 Å². The third-order valence-corrected chi connectivity index (χ3v) is 5.16. The maximum atomic E-state index is 12.9. The summed E-state index contributed by atoms with van der Waals surface area (Å²) in [6.07, 6.45) is 0.990. The van der Waals surface area contributed by atoms with Crippen LogP contribution < -0.4 is 10.1 Å². The molecule has 0 unspecified atom stereocenters. The fourth-order valence-corrected chi connectivity index (χ4v) is 3.06. The van der Waals surface area contributed by atoms with Crippen molar-refractivity contribution in [3.05, 3.63) is 64.2 Å². The Hall–Kier alpha value is -2.98. The van der Waals surface area contributed by atoms with E-state index < -0.39 is 26.9 Å². The molecule has 0 aliphatic carbocycles. The number of ether oxygens (including phenoxy) is 1. The van der Waals surface area contributed by atoms with Crippen LogP contribution >= 0.6 is 0 Å². The Balaban J connectivity index is 2.45. The topological polar surface area (TPSA) is 119 Å². The lowest BCUT2D eigenvalue weighted by atomic mass is 10.1. The van der Waals surface area contributed by atoms with Crippen LogP contribution in [-0.2, 0) is 14.8 Å². The van der Waals surface area contributed by atoms with E-state index in [1.165, 1.54) is 26.3 Å². The van der Waals surface area contributed by atoms with Crippen LogP contribution in [0.4, 0.5) is 11.4 Å². The van der Waals surface area contributed by atoms with Crippen molar-refractivity contribution in [2.24, 2.45) is 0 Å². The summed E-state index contributed by atoms with van der Waals surface area (Å²) in [5.41, 5.74) is 0.283. The van der Waals surface area contributed by atoms with E-state index in [1.54, 1.807) is 30.3 Å². The third-order valence-electron chi connectivity index (χ3n) is 3.90. The van der Waals surface area contributed by atoms with Crippen LogP contribution in [0.15, 0.2) is 48.5 Å². The number of sulfonamides is 1. The number of anilines is 1. The summed E-state index contributed by atoms with van der Waals surface area (Å²) >= 11 is 0. The molecule has 1 atom stereocenters. The molecule has 0 bridgehead atoms. The number of nitrogens with one attached hydrogen (secondary N) is 1. The van der Waals surface area contributed by atoms with Gasteiger partial charge in [-0.2, -0.15) is 4.31 Å². The summed E-state index contributed by atoms with van der Waals surface area (Å²) in [5.74, 6) is -0.462. The number of rotatable bonds is 7. The van der Waals surface area contributed by atoms with Gasteiger partial charge < -0.3 is 10.1 Å². The first-order valence-corrected chi connectivity index (χ1v) is 9.61. The first-order chi connectivity index (χ1) is 12.6. The number of carbonyl (C=O) groups excluding carboxylic acids is 1. The van der Waals surface area contributed by atoms with Crippen LogP contribution in [0.3, 0.4) is 0 Å². The summed E-state index contributed by atoms with van der Waals surface area (Å²) < 4.78 is 30.1. The second-order valence-corrected chi connectivity index (χ2v) is 7.77. The summed E-state index contributed by atoms with van der Waals surface area (Å²) in [5, 5.41) is 13.5. The molecule has 1 N–H and O–H groups in total. The lowest BCUT2D eigenvalue weighted by Gasteiger charge is -2.26. The van der Waals surface area contributed by atoms with Crippen molar-refractivity contribution >= 4 is 27.3 Å². The Morgan fingerprint density at radius 3 is 2.37 bits per heavy atom. The van der Waals surface area contributed by atoms with E-state index in [-0.39, 0.29) is 17.1 Å². The Bertz CT molecular complexity index is 946. The van der Waals surface area contributed by atoms with Gasteiger partial charge in [-0.15, -0.1) is 0 Å². The van der Waals surface area contributed by atoms with E-state index >= 15 is 0 Å². The highest BCUT2D eigenvalue weighted by atomic mass is 32.2. The van der Waals surface area contributed by atoms with Crippen molar-refractivity contribution in [3.63, 3.8) is 0 Å². The monoisotopic (exact) mass is 393 g/mol. The van der Waals surface area contributed by atoms with Crippen molar-refractivity contribution in [1.29, 1.82) is 0 Å². The zero-order valence-corrected chi connectivity index (χ0v) is 15.8. The quantitative estimate of drug-likeness (QED) is 0.569. The molecule has 2 aromatic rings. The maximum Gasteiger partial charge on any atom is 0.271 e. The normalized spacial score (nSPS) is 12.4. The molecule has 2 rings (SSSR count). The molecule has 0 saturated carbocycles. The van der Waals surface area contributed by atoms with Gasteiger partial charge in [-0.25, -0.2) is 8.42 Å². The highest BCUT2D eigenvalue weighted by molar-refractivity contribution is 7.88. The van der Waals surface area contributed by atoms with Gasteiger partial charge in [0.25, 0.3) is 5.69 Å². The van der Waals surface area contributed by atoms with Gasteiger partial charge in [0.1, 0.15) is 11.8 Å². The fraction of sp³-hybridized carbons (Fsp3) is 0.235. The number of carbonyl (C=O) groups is 1. The third kappa shape index (κ3) is 4.80. The number of amides is 1. The van der Waals surface area contributed by atoms with Crippen molar-refractivity contribution in [1.82, 2.24) is 4.31 Å². The van der Waals surface area contributed by atoms with Gasteiger partial charge in [0.15, 0.2) is 0 Å². The minimum Gasteiger partial charge on any atom is -0.495 e. The number of nitro groups is 1. The minimum absolute atomic E-state index is 0.0690. The van der Waals surface area contributed by atoms with Crippen molar-refractivity contribution in [2.75, 3.05) is 25.7 Å². The van der Waals surface area contributed by atoms with Gasteiger partial charge in [-0.1, -0.05) is 30.3 Å². The predicted molar refractivity (Wildman–Crippen MR) is 100 cm³/mol.